The van der Waals surface area contributed by atoms with Crippen LogP contribution in [0.5, 0.6) is 0 Å². The van der Waals surface area contributed by atoms with Gasteiger partial charge in [-0.3, -0.25) is 9.59 Å². The summed E-state index contributed by atoms with van der Waals surface area (Å²) in [6, 6.07) is 8.63. The summed E-state index contributed by atoms with van der Waals surface area (Å²) in [4.78, 5) is 29.4. The lowest BCUT2D eigenvalue weighted by molar-refractivity contribution is -0.128. The van der Waals surface area contributed by atoms with Crippen LogP contribution >= 0.6 is 27.3 Å². The number of hydrogen-bond donors (Lipinski definition) is 3. The van der Waals surface area contributed by atoms with Crippen LogP contribution < -0.4 is 16.8 Å². The molecule has 0 saturated carbocycles. The van der Waals surface area contributed by atoms with Gasteiger partial charge in [-0.1, -0.05) is 30.3 Å². The molecule has 1 aromatic carbocycles. The lowest BCUT2D eigenvalue weighted by Crippen LogP contribution is -2.49. The van der Waals surface area contributed by atoms with Gasteiger partial charge < -0.3 is 16.8 Å². The lowest BCUT2D eigenvalue weighted by atomic mass is 10.00. The molecule has 1 heterocycles. The third-order valence-corrected chi connectivity index (χ3v) is 5.65. The summed E-state index contributed by atoms with van der Waals surface area (Å²) < 4.78 is 0.874. The van der Waals surface area contributed by atoms with Crippen LogP contribution in [0, 0.1) is 0 Å². The van der Waals surface area contributed by atoms with E-state index in [0.717, 1.165) is 14.4 Å². The number of amides is 1. The van der Waals surface area contributed by atoms with Gasteiger partial charge in [0, 0.05) is 0 Å². The fourth-order valence-electron chi connectivity index (χ4n) is 2.66. The second-order valence-corrected chi connectivity index (χ2v) is 8.82. The van der Waals surface area contributed by atoms with Gasteiger partial charge in [0.05, 0.1) is 28.5 Å². The fourth-order valence-corrected chi connectivity index (χ4v) is 3.97. The van der Waals surface area contributed by atoms with E-state index in [9.17, 15) is 9.59 Å². The standard InChI is InChI=1S/C19H25BrN4O2S/c20-17-12-23-18(27-17)11-16(25)15(9-8-13-5-2-1-3-6-13)24-19(26)14(22)7-4-10-21/h1-3,5-6,12,14-15H,4,7-11,21-22H2,(H,24,26)/t14-,15+/m0/s1. The summed E-state index contributed by atoms with van der Waals surface area (Å²) in [6.07, 6.45) is 4.25. The van der Waals surface area contributed by atoms with Gasteiger partial charge >= 0.3 is 0 Å². The largest absolute Gasteiger partial charge is 0.345 e. The molecule has 1 aromatic heterocycles. The Balaban J connectivity index is 2.02. The lowest BCUT2D eigenvalue weighted by Gasteiger charge is -2.20. The number of nitrogens with two attached hydrogens (primary N) is 2. The number of thiazole rings is 1. The number of rotatable bonds is 11. The fraction of sp³-hybridized carbons (Fsp3) is 0.421. The molecular formula is C19H25BrN4O2S. The molecule has 27 heavy (non-hydrogen) atoms. The van der Waals surface area contributed by atoms with E-state index < -0.39 is 12.1 Å². The van der Waals surface area contributed by atoms with Crippen LogP contribution in [-0.2, 0) is 22.4 Å². The van der Waals surface area contributed by atoms with Crippen molar-refractivity contribution in [2.24, 2.45) is 11.5 Å². The molecule has 0 saturated heterocycles. The van der Waals surface area contributed by atoms with E-state index in [1.165, 1.54) is 11.3 Å². The van der Waals surface area contributed by atoms with Crippen molar-refractivity contribution < 1.29 is 9.59 Å². The first kappa shape index (κ1) is 21.7. The number of Topliss-reactive ketones (excluding diaryl/α,β-unsaturated/α-hetero) is 1. The predicted octanol–water partition coefficient (Wildman–Crippen LogP) is 2.20. The molecule has 146 valence electrons. The Morgan fingerprint density at radius 2 is 1.96 bits per heavy atom. The second-order valence-electron chi connectivity index (χ2n) is 6.32. The second kappa shape index (κ2) is 11.3. The summed E-state index contributed by atoms with van der Waals surface area (Å²) in [5.74, 6) is -0.373. The van der Waals surface area contributed by atoms with Crippen molar-refractivity contribution in [3.8, 4) is 0 Å². The first-order chi connectivity index (χ1) is 13.0. The zero-order chi connectivity index (χ0) is 19.6. The summed E-state index contributed by atoms with van der Waals surface area (Å²) in [6.45, 7) is 0.482. The number of carbonyl (C=O) groups excluding carboxylic acids is 2. The van der Waals surface area contributed by atoms with Crippen LogP contribution in [0.3, 0.4) is 0 Å². The zero-order valence-corrected chi connectivity index (χ0v) is 17.5. The van der Waals surface area contributed by atoms with Crippen LogP contribution in [0.15, 0.2) is 40.3 Å². The van der Waals surface area contributed by atoms with Crippen LogP contribution in [0.2, 0.25) is 0 Å². The van der Waals surface area contributed by atoms with Crippen LogP contribution in [-0.4, -0.2) is 35.3 Å². The number of halogens is 1. The monoisotopic (exact) mass is 452 g/mol. The third kappa shape index (κ3) is 7.50. The maximum atomic E-state index is 12.8. The molecule has 1 amide bonds. The van der Waals surface area contributed by atoms with Crippen molar-refractivity contribution >= 4 is 39.0 Å². The normalized spacial score (nSPS) is 13.1. The predicted molar refractivity (Wildman–Crippen MR) is 111 cm³/mol. The molecule has 0 unspecified atom stereocenters. The Morgan fingerprint density at radius 3 is 2.59 bits per heavy atom. The molecule has 2 rings (SSSR count). The molecule has 0 aliphatic rings. The van der Waals surface area contributed by atoms with Gasteiger partial charge in [0.1, 0.15) is 5.01 Å². The zero-order valence-electron chi connectivity index (χ0n) is 15.1. The van der Waals surface area contributed by atoms with Crippen molar-refractivity contribution in [2.45, 2.75) is 44.2 Å². The van der Waals surface area contributed by atoms with Gasteiger partial charge in [-0.2, -0.15) is 0 Å². The van der Waals surface area contributed by atoms with Crippen molar-refractivity contribution in [1.29, 1.82) is 0 Å². The number of nitrogens with one attached hydrogen (secondary N) is 1. The van der Waals surface area contributed by atoms with Crippen molar-refractivity contribution in [1.82, 2.24) is 10.3 Å². The molecule has 2 atom stereocenters. The maximum Gasteiger partial charge on any atom is 0.237 e. The molecule has 0 aliphatic carbocycles. The highest BCUT2D eigenvalue weighted by molar-refractivity contribution is 9.11. The number of hydrogen-bond acceptors (Lipinski definition) is 6. The Morgan fingerprint density at radius 1 is 1.22 bits per heavy atom. The van der Waals surface area contributed by atoms with E-state index in [2.05, 4.69) is 26.2 Å². The van der Waals surface area contributed by atoms with Gasteiger partial charge in [-0.05, 0) is 53.7 Å². The van der Waals surface area contributed by atoms with Gasteiger partial charge in [0.15, 0.2) is 5.78 Å². The molecular weight excluding hydrogens is 428 g/mol. The van der Waals surface area contributed by atoms with Crippen LogP contribution in [0.1, 0.15) is 29.8 Å². The smallest absolute Gasteiger partial charge is 0.237 e. The number of aromatic nitrogens is 1. The van der Waals surface area contributed by atoms with E-state index in [1.807, 2.05) is 30.3 Å². The Labute approximate surface area is 171 Å². The SMILES string of the molecule is NCCC[C@H](N)C(=O)N[C@H](CCc1ccccc1)C(=O)Cc1ncc(Br)s1. The van der Waals surface area contributed by atoms with E-state index >= 15 is 0 Å². The van der Waals surface area contributed by atoms with Gasteiger partial charge in [-0.15, -0.1) is 11.3 Å². The van der Waals surface area contributed by atoms with Crippen molar-refractivity contribution in [3.05, 3.63) is 50.9 Å². The molecule has 5 N–H and O–H groups in total. The minimum Gasteiger partial charge on any atom is -0.345 e. The highest BCUT2D eigenvalue weighted by atomic mass is 79.9. The average molecular weight is 453 g/mol. The van der Waals surface area contributed by atoms with Crippen molar-refractivity contribution in [3.63, 3.8) is 0 Å². The molecule has 0 bridgehead atoms. The molecule has 0 fully saturated rings. The van der Waals surface area contributed by atoms with E-state index in [-0.39, 0.29) is 18.1 Å². The summed E-state index contributed by atoms with van der Waals surface area (Å²) in [7, 11) is 0. The molecule has 0 radical (unpaired) electrons. The number of nitrogens with zero attached hydrogens (tertiary/aromatic N) is 1. The van der Waals surface area contributed by atoms with Gasteiger partial charge in [-0.25, -0.2) is 4.98 Å². The first-order valence-corrected chi connectivity index (χ1v) is 10.5. The minimum atomic E-state index is -0.658. The highest BCUT2D eigenvalue weighted by Gasteiger charge is 2.24. The topological polar surface area (TPSA) is 111 Å². The summed E-state index contributed by atoms with van der Waals surface area (Å²) in [5.41, 5.74) is 12.5. The van der Waals surface area contributed by atoms with E-state index in [4.69, 9.17) is 11.5 Å². The highest BCUT2D eigenvalue weighted by Crippen LogP contribution is 2.20. The molecule has 8 heteroatoms. The quantitative estimate of drug-likeness (QED) is 0.483. The summed E-state index contributed by atoms with van der Waals surface area (Å²) >= 11 is 4.77. The maximum absolute atomic E-state index is 12.8. The number of aryl methyl sites for hydroxylation is 1. The molecule has 0 aliphatic heterocycles. The number of carbonyl (C=O) groups is 2. The van der Waals surface area contributed by atoms with Crippen molar-refractivity contribution in [2.75, 3.05) is 6.54 Å². The van der Waals surface area contributed by atoms with Gasteiger partial charge in [0.2, 0.25) is 5.91 Å². The first-order valence-electron chi connectivity index (χ1n) is 8.92. The average Bonchev–Trinajstić information content (AvgIpc) is 3.08. The van der Waals surface area contributed by atoms with Gasteiger partial charge in [0.25, 0.3) is 0 Å². The molecule has 2 aromatic rings. The minimum absolute atomic E-state index is 0.0628. The number of benzene rings is 1. The summed E-state index contributed by atoms with van der Waals surface area (Å²) in [5, 5.41) is 3.55. The van der Waals surface area contributed by atoms with Crippen LogP contribution in [0.25, 0.3) is 0 Å². The third-order valence-electron chi connectivity index (χ3n) is 4.18. The Bertz CT molecular complexity index is 738. The van der Waals surface area contributed by atoms with E-state index in [0.29, 0.717) is 32.2 Å². The Hall–Kier alpha value is -1.61. The van der Waals surface area contributed by atoms with E-state index in [1.54, 1.807) is 6.20 Å². The molecule has 0 spiro atoms. The number of ketones is 1. The molecule has 6 nitrogen and oxygen atoms in total. The Kier molecular flexibility index (Phi) is 9.06. The van der Waals surface area contributed by atoms with Crippen LogP contribution in [0.4, 0.5) is 0 Å².